The Bertz CT molecular complexity index is 1110. The highest BCUT2D eigenvalue weighted by atomic mass is 32.1. The van der Waals surface area contributed by atoms with Gasteiger partial charge in [0.1, 0.15) is 16.5 Å². The van der Waals surface area contributed by atoms with E-state index < -0.39 is 0 Å². The number of aryl methyl sites for hydroxylation is 1. The predicted molar refractivity (Wildman–Crippen MR) is 112 cm³/mol. The van der Waals surface area contributed by atoms with E-state index in [9.17, 15) is 4.79 Å². The standard InChI is InChI=1S/C20H18N4O2S2/c1-13-21-18(17-14(12-28-19(17)22-13)16-5-3-11-27-16)23-6-8-24(9-7-23)20(25)15-4-2-10-26-15/h2-5,10-12H,6-9H2,1H3. The van der Waals surface area contributed by atoms with Crippen molar-refractivity contribution in [2.45, 2.75) is 6.92 Å². The van der Waals surface area contributed by atoms with Crippen molar-refractivity contribution in [3.8, 4) is 10.4 Å². The minimum absolute atomic E-state index is 0.0523. The fourth-order valence-corrected chi connectivity index (χ4v) is 5.35. The summed E-state index contributed by atoms with van der Waals surface area (Å²) in [5.41, 5.74) is 1.19. The van der Waals surface area contributed by atoms with Crippen LogP contribution in [0.2, 0.25) is 0 Å². The van der Waals surface area contributed by atoms with E-state index in [1.807, 2.05) is 11.8 Å². The van der Waals surface area contributed by atoms with Crippen molar-refractivity contribution in [1.29, 1.82) is 0 Å². The third kappa shape index (κ3) is 2.98. The number of anilines is 1. The van der Waals surface area contributed by atoms with Crippen molar-refractivity contribution in [3.63, 3.8) is 0 Å². The van der Waals surface area contributed by atoms with Crippen LogP contribution in [0.1, 0.15) is 16.4 Å². The summed E-state index contributed by atoms with van der Waals surface area (Å²) in [4.78, 5) is 28.3. The fourth-order valence-electron chi connectivity index (χ4n) is 3.55. The van der Waals surface area contributed by atoms with Crippen molar-refractivity contribution in [2.75, 3.05) is 31.1 Å². The van der Waals surface area contributed by atoms with E-state index in [0.29, 0.717) is 18.8 Å². The van der Waals surface area contributed by atoms with E-state index in [0.717, 1.165) is 34.9 Å². The molecule has 8 heteroatoms. The molecule has 142 valence electrons. The van der Waals surface area contributed by atoms with Gasteiger partial charge in [0, 0.05) is 42.0 Å². The molecule has 5 rings (SSSR count). The maximum atomic E-state index is 12.5. The first-order valence-corrected chi connectivity index (χ1v) is 10.8. The summed E-state index contributed by atoms with van der Waals surface area (Å²) < 4.78 is 5.26. The Labute approximate surface area is 170 Å². The molecule has 6 nitrogen and oxygen atoms in total. The van der Waals surface area contributed by atoms with Crippen molar-refractivity contribution < 1.29 is 9.21 Å². The Morgan fingerprint density at radius 2 is 1.96 bits per heavy atom. The van der Waals surface area contributed by atoms with E-state index >= 15 is 0 Å². The highest BCUT2D eigenvalue weighted by molar-refractivity contribution is 7.18. The Morgan fingerprint density at radius 3 is 2.68 bits per heavy atom. The van der Waals surface area contributed by atoms with Gasteiger partial charge in [-0.1, -0.05) is 6.07 Å². The molecule has 0 unspecified atom stereocenters. The monoisotopic (exact) mass is 410 g/mol. The zero-order valence-corrected chi connectivity index (χ0v) is 16.9. The minimum Gasteiger partial charge on any atom is -0.459 e. The van der Waals surface area contributed by atoms with Gasteiger partial charge in [-0.2, -0.15) is 0 Å². The molecule has 0 bridgehead atoms. The lowest BCUT2D eigenvalue weighted by molar-refractivity contribution is 0.0714. The molecule has 1 aliphatic heterocycles. The molecule has 1 aliphatic rings. The molecule has 0 spiro atoms. The molecule has 4 aromatic heterocycles. The molecule has 4 aromatic rings. The van der Waals surface area contributed by atoms with Crippen molar-refractivity contribution >= 4 is 44.6 Å². The number of carbonyl (C=O) groups is 1. The summed E-state index contributed by atoms with van der Waals surface area (Å²) in [6.45, 7) is 4.69. The first-order valence-electron chi connectivity index (χ1n) is 9.08. The Kier molecular flexibility index (Phi) is 4.37. The second-order valence-corrected chi connectivity index (χ2v) is 8.46. The molecule has 0 N–H and O–H groups in total. The van der Waals surface area contributed by atoms with Gasteiger partial charge in [0.15, 0.2) is 5.76 Å². The molecular weight excluding hydrogens is 392 g/mol. The number of furan rings is 1. The van der Waals surface area contributed by atoms with Gasteiger partial charge in [-0.15, -0.1) is 22.7 Å². The molecule has 1 amide bonds. The minimum atomic E-state index is -0.0523. The zero-order chi connectivity index (χ0) is 19.1. The van der Waals surface area contributed by atoms with Gasteiger partial charge < -0.3 is 14.2 Å². The molecule has 1 fully saturated rings. The van der Waals surface area contributed by atoms with Crippen molar-refractivity contribution in [1.82, 2.24) is 14.9 Å². The summed E-state index contributed by atoms with van der Waals surface area (Å²) in [5, 5.41) is 5.38. The smallest absolute Gasteiger partial charge is 0.289 e. The summed E-state index contributed by atoms with van der Waals surface area (Å²) >= 11 is 3.39. The number of piperazine rings is 1. The maximum Gasteiger partial charge on any atom is 0.289 e. The molecular formula is C20H18N4O2S2. The molecule has 0 radical (unpaired) electrons. The first kappa shape index (κ1) is 17.4. The van der Waals surface area contributed by atoms with Crippen LogP contribution in [0.5, 0.6) is 0 Å². The molecule has 28 heavy (non-hydrogen) atoms. The number of carbonyl (C=O) groups excluding carboxylic acids is 1. The number of hydrogen-bond acceptors (Lipinski definition) is 7. The average molecular weight is 411 g/mol. The largest absolute Gasteiger partial charge is 0.459 e. The summed E-state index contributed by atoms with van der Waals surface area (Å²) in [6, 6.07) is 7.66. The van der Waals surface area contributed by atoms with Crippen LogP contribution < -0.4 is 4.90 Å². The van der Waals surface area contributed by atoms with Crippen LogP contribution in [0, 0.1) is 6.92 Å². The van der Waals surface area contributed by atoms with Crippen LogP contribution in [0.25, 0.3) is 20.7 Å². The second-order valence-electron chi connectivity index (χ2n) is 6.66. The molecule has 0 aromatic carbocycles. The molecule has 1 saturated heterocycles. The maximum absolute atomic E-state index is 12.5. The average Bonchev–Trinajstić information content (AvgIpc) is 3.47. The zero-order valence-electron chi connectivity index (χ0n) is 15.3. The van der Waals surface area contributed by atoms with Crippen LogP contribution in [-0.2, 0) is 0 Å². The fraction of sp³-hybridized carbons (Fsp3) is 0.250. The van der Waals surface area contributed by atoms with E-state index in [1.54, 1.807) is 34.8 Å². The predicted octanol–water partition coefficient (Wildman–Crippen LogP) is 4.28. The van der Waals surface area contributed by atoms with Crippen LogP contribution in [0.4, 0.5) is 5.82 Å². The first-order chi connectivity index (χ1) is 13.7. The molecule has 0 atom stereocenters. The Morgan fingerprint density at radius 1 is 1.11 bits per heavy atom. The molecule has 5 heterocycles. The van der Waals surface area contributed by atoms with Gasteiger partial charge >= 0.3 is 0 Å². The van der Waals surface area contributed by atoms with Gasteiger partial charge in [0.2, 0.25) is 0 Å². The van der Waals surface area contributed by atoms with E-state index in [2.05, 4.69) is 32.8 Å². The highest BCUT2D eigenvalue weighted by Gasteiger charge is 2.26. The third-order valence-electron chi connectivity index (χ3n) is 4.91. The lowest BCUT2D eigenvalue weighted by Gasteiger charge is -2.35. The third-order valence-corrected chi connectivity index (χ3v) is 6.69. The summed E-state index contributed by atoms with van der Waals surface area (Å²) in [5.74, 6) is 2.09. The number of amides is 1. The quantitative estimate of drug-likeness (QED) is 0.504. The second kappa shape index (κ2) is 7.03. The van der Waals surface area contributed by atoms with Gasteiger partial charge in [0.25, 0.3) is 5.91 Å². The number of aromatic nitrogens is 2. The molecule has 0 saturated carbocycles. The van der Waals surface area contributed by atoms with E-state index in [4.69, 9.17) is 9.40 Å². The van der Waals surface area contributed by atoms with Gasteiger partial charge in [-0.3, -0.25) is 4.79 Å². The lowest BCUT2D eigenvalue weighted by atomic mass is 10.1. The van der Waals surface area contributed by atoms with Gasteiger partial charge in [-0.05, 0) is 30.5 Å². The number of fused-ring (bicyclic) bond motifs is 1. The van der Waals surface area contributed by atoms with Crippen molar-refractivity contribution in [3.05, 3.63) is 52.9 Å². The SMILES string of the molecule is Cc1nc(N2CCN(C(=O)c3ccco3)CC2)c2c(-c3cccs3)csc2n1. The molecule has 0 aliphatic carbocycles. The van der Waals surface area contributed by atoms with Crippen LogP contribution in [-0.4, -0.2) is 47.0 Å². The Balaban J connectivity index is 1.45. The van der Waals surface area contributed by atoms with Gasteiger partial charge in [-0.25, -0.2) is 9.97 Å². The summed E-state index contributed by atoms with van der Waals surface area (Å²) in [6.07, 6.45) is 1.53. The number of nitrogens with zero attached hydrogens (tertiary/aromatic N) is 4. The number of hydrogen-bond donors (Lipinski definition) is 0. The normalized spacial score (nSPS) is 14.8. The topological polar surface area (TPSA) is 62.5 Å². The van der Waals surface area contributed by atoms with E-state index in [1.165, 1.54) is 16.7 Å². The number of rotatable bonds is 3. The lowest BCUT2D eigenvalue weighted by Crippen LogP contribution is -2.49. The van der Waals surface area contributed by atoms with Gasteiger partial charge in [0.05, 0.1) is 11.6 Å². The highest BCUT2D eigenvalue weighted by Crippen LogP contribution is 2.40. The van der Waals surface area contributed by atoms with Crippen molar-refractivity contribution in [2.24, 2.45) is 0 Å². The Hall–Kier alpha value is -2.71. The number of thiophene rings is 2. The van der Waals surface area contributed by atoms with Crippen LogP contribution in [0.3, 0.4) is 0 Å². The van der Waals surface area contributed by atoms with Crippen LogP contribution >= 0.6 is 22.7 Å². The summed E-state index contributed by atoms with van der Waals surface area (Å²) in [7, 11) is 0. The van der Waals surface area contributed by atoms with Crippen LogP contribution in [0.15, 0.2) is 45.7 Å². The van der Waals surface area contributed by atoms with E-state index in [-0.39, 0.29) is 5.91 Å².